The van der Waals surface area contributed by atoms with Gasteiger partial charge in [0.25, 0.3) is 0 Å². The van der Waals surface area contributed by atoms with Crippen LogP contribution in [0.1, 0.15) is 33.6 Å². The van der Waals surface area contributed by atoms with Crippen LogP contribution in [0.25, 0.3) is 0 Å². The lowest BCUT2D eigenvalue weighted by Crippen LogP contribution is -2.60. The number of guanidine groups is 1. The van der Waals surface area contributed by atoms with Crippen LogP contribution in [0.2, 0.25) is 0 Å². The van der Waals surface area contributed by atoms with E-state index in [2.05, 4.69) is 25.4 Å². The summed E-state index contributed by atoms with van der Waals surface area (Å²) >= 11 is 2.04. The molecule has 8 nitrogen and oxygen atoms in total. The Morgan fingerprint density at radius 3 is 2.63 bits per heavy atom. The number of likely N-dealkylation sites (tertiary alicyclic amines) is 1. The Hall–Kier alpha value is -0.460. The molecule has 3 rings (SSSR count). The summed E-state index contributed by atoms with van der Waals surface area (Å²) in [6, 6.07) is 0.0821. The number of nitrogens with one attached hydrogen (secondary N) is 2. The van der Waals surface area contributed by atoms with Crippen LogP contribution in [0.15, 0.2) is 4.99 Å². The number of ether oxygens (including phenoxy) is 2. The number of rotatable bonds is 4. The summed E-state index contributed by atoms with van der Waals surface area (Å²) in [5.41, 5.74) is -0.300. The van der Waals surface area contributed by atoms with Gasteiger partial charge < -0.3 is 25.0 Å². The molecule has 3 saturated heterocycles. The monoisotopic (exact) mass is 555 g/mol. The van der Waals surface area contributed by atoms with Gasteiger partial charge in [-0.2, -0.15) is 11.8 Å². The quantitative estimate of drug-likeness (QED) is 0.312. The van der Waals surface area contributed by atoms with Gasteiger partial charge in [0.05, 0.1) is 19.3 Å². The lowest BCUT2D eigenvalue weighted by molar-refractivity contribution is -0.0121. The maximum atomic E-state index is 12.1. The van der Waals surface area contributed by atoms with Crippen molar-refractivity contribution in [2.45, 2.75) is 50.8 Å². The molecule has 0 bridgehead atoms. The standard InChI is InChI=1S/C20H37N5O3S.HI/c1-19(2,3)28-18(26)23-16-5-7-24(13-16)17(21-4)22-14-20(6-12-29-15-20)25-8-10-27-11-9-25;/h16H,5-15H2,1-4H3,(H,21,22)(H,23,26);1H. The molecule has 0 aromatic carbocycles. The molecule has 10 heteroatoms. The molecular weight excluding hydrogens is 517 g/mol. The number of halogens is 1. The summed E-state index contributed by atoms with van der Waals surface area (Å²) < 4.78 is 10.9. The average Bonchev–Trinajstić information content (AvgIpc) is 3.32. The van der Waals surface area contributed by atoms with Gasteiger partial charge in [0, 0.05) is 51.1 Å². The second kappa shape index (κ2) is 11.4. The van der Waals surface area contributed by atoms with Crippen molar-refractivity contribution in [2.24, 2.45) is 4.99 Å². The predicted octanol–water partition coefficient (Wildman–Crippen LogP) is 1.99. The normalized spacial score (nSPS) is 28.2. The van der Waals surface area contributed by atoms with E-state index >= 15 is 0 Å². The number of morpholine rings is 1. The van der Waals surface area contributed by atoms with E-state index in [9.17, 15) is 4.79 Å². The second-order valence-electron chi connectivity index (χ2n) is 9.10. The molecule has 3 fully saturated rings. The third-order valence-corrected chi connectivity index (χ3v) is 6.99. The molecule has 30 heavy (non-hydrogen) atoms. The topological polar surface area (TPSA) is 78.4 Å². The third-order valence-electron chi connectivity index (χ3n) is 5.76. The van der Waals surface area contributed by atoms with E-state index in [4.69, 9.17) is 9.47 Å². The molecule has 0 radical (unpaired) electrons. The SMILES string of the molecule is CN=C(NCC1(N2CCOCC2)CCSC1)N1CCC(NC(=O)OC(C)(C)C)C1.I. The number of hydrogen-bond donors (Lipinski definition) is 2. The number of amides is 1. The summed E-state index contributed by atoms with van der Waals surface area (Å²) in [4.78, 5) is 21.4. The summed E-state index contributed by atoms with van der Waals surface area (Å²) in [5.74, 6) is 3.28. The van der Waals surface area contributed by atoms with Crippen LogP contribution < -0.4 is 10.6 Å². The van der Waals surface area contributed by atoms with E-state index in [0.29, 0.717) is 0 Å². The maximum Gasteiger partial charge on any atom is 0.407 e. The largest absolute Gasteiger partial charge is 0.444 e. The van der Waals surface area contributed by atoms with Crippen LogP contribution >= 0.6 is 35.7 Å². The molecule has 2 unspecified atom stereocenters. The van der Waals surface area contributed by atoms with Gasteiger partial charge in [-0.1, -0.05) is 0 Å². The Morgan fingerprint density at radius 2 is 2.03 bits per heavy atom. The summed E-state index contributed by atoms with van der Waals surface area (Å²) in [6.07, 6.45) is 1.75. The molecule has 3 heterocycles. The van der Waals surface area contributed by atoms with Gasteiger partial charge in [-0.3, -0.25) is 9.89 Å². The zero-order valence-electron chi connectivity index (χ0n) is 18.7. The Kier molecular flexibility index (Phi) is 9.82. The summed E-state index contributed by atoms with van der Waals surface area (Å²) in [7, 11) is 1.84. The number of nitrogens with zero attached hydrogens (tertiary/aromatic N) is 3. The molecule has 0 aromatic heterocycles. The van der Waals surface area contributed by atoms with Gasteiger partial charge in [-0.25, -0.2) is 4.79 Å². The van der Waals surface area contributed by atoms with Gasteiger partial charge in [-0.05, 0) is 39.4 Å². The van der Waals surface area contributed by atoms with Crippen molar-refractivity contribution in [1.29, 1.82) is 0 Å². The first kappa shape index (κ1) is 25.8. The molecule has 0 aromatic rings. The van der Waals surface area contributed by atoms with Gasteiger partial charge >= 0.3 is 6.09 Å². The molecular formula is C20H38IN5O3S. The number of carbonyl (C=O) groups excluding carboxylic acids is 1. The Morgan fingerprint density at radius 1 is 1.30 bits per heavy atom. The molecule has 0 spiro atoms. The average molecular weight is 556 g/mol. The van der Waals surface area contributed by atoms with Crippen molar-refractivity contribution in [1.82, 2.24) is 20.4 Å². The Labute approximate surface area is 202 Å². The molecule has 0 saturated carbocycles. The third kappa shape index (κ3) is 7.03. The van der Waals surface area contributed by atoms with E-state index in [-0.39, 0.29) is 41.7 Å². The molecule has 1 amide bonds. The lowest BCUT2D eigenvalue weighted by atomic mass is 9.95. The zero-order chi connectivity index (χ0) is 20.9. The minimum Gasteiger partial charge on any atom is -0.444 e. The predicted molar refractivity (Wildman–Crippen MR) is 133 cm³/mol. The Balaban J connectivity index is 0.00000320. The van der Waals surface area contributed by atoms with Crippen LogP contribution in [0.5, 0.6) is 0 Å². The smallest absolute Gasteiger partial charge is 0.407 e. The van der Waals surface area contributed by atoms with E-state index < -0.39 is 5.60 Å². The molecule has 3 aliphatic heterocycles. The zero-order valence-corrected chi connectivity index (χ0v) is 21.9. The molecule has 2 atom stereocenters. The number of alkyl carbamates (subject to hydrolysis) is 1. The fourth-order valence-corrected chi connectivity index (χ4v) is 5.73. The second-order valence-corrected chi connectivity index (χ2v) is 10.2. The Bertz CT molecular complexity index is 589. The summed E-state index contributed by atoms with van der Waals surface area (Å²) in [5, 5.41) is 6.63. The van der Waals surface area contributed by atoms with E-state index in [1.165, 1.54) is 12.2 Å². The highest BCUT2D eigenvalue weighted by atomic mass is 127. The molecule has 174 valence electrons. The van der Waals surface area contributed by atoms with Crippen LogP contribution in [0.3, 0.4) is 0 Å². The van der Waals surface area contributed by atoms with Gasteiger partial charge in [0.1, 0.15) is 5.60 Å². The van der Waals surface area contributed by atoms with Crippen LogP contribution in [0, 0.1) is 0 Å². The summed E-state index contributed by atoms with van der Waals surface area (Å²) in [6.45, 7) is 11.8. The van der Waals surface area contributed by atoms with Crippen molar-refractivity contribution in [3.05, 3.63) is 0 Å². The number of aliphatic imine (C=N–C) groups is 1. The highest BCUT2D eigenvalue weighted by molar-refractivity contribution is 14.0. The lowest BCUT2D eigenvalue weighted by Gasteiger charge is -2.43. The first-order valence-electron chi connectivity index (χ1n) is 10.7. The maximum absolute atomic E-state index is 12.1. The minimum absolute atomic E-state index is 0. The van der Waals surface area contributed by atoms with Crippen LogP contribution in [-0.4, -0.2) is 104 Å². The number of carbonyl (C=O) groups is 1. The van der Waals surface area contributed by atoms with E-state index in [1.807, 2.05) is 39.6 Å². The van der Waals surface area contributed by atoms with Crippen LogP contribution in [0.4, 0.5) is 4.79 Å². The van der Waals surface area contributed by atoms with Gasteiger partial charge in [0.2, 0.25) is 0 Å². The fraction of sp³-hybridized carbons (Fsp3) is 0.900. The van der Waals surface area contributed by atoms with Crippen LogP contribution in [-0.2, 0) is 9.47 Å². The highest BCUT2D eigenvalue weighted by Crippen LogP contribution is 2.33. The number of hydrogen-bond acceptors (Lipinski definition) is 6. The van der Waals surface area contributed by atoms with Gasteiger partial charge in [0.15, 0.2) is 5.96 Å². The van der Waals surface area contributed by atoms with Crippen molar-refractivity contribution < 1.29 is 14.3 Å². The first-order valence-corrected chi connectivity index (χ1v) is 11.8. The minimum atomic E-state index is -0.479. The van der Waals surface area contributed by atoms with Crippen molar-refractivity contribution >= 4 is 47.8 Å². The molecule has 3 aliphatic rings. The van der Waals surface area contributed by atoms with Crippen molar-refractivity contribution in [3.8, 4) is 0 Å². The first-order chi connectivity index (χ1) is 13.8. The molecule has 0 aliphatic carbocycles. The van der Waals surface area contributed by atoms with Crippen molar-refractivity contribution in [2.75, 3.05) is 64.5 Å². The fourth-order valence-electron chi connectivity index (χ4n) is 4.26. The highest BCUT2D eigenvalue weighted by Gasteiger charge is 2.41. The molecule has 2 N–H and O–H groups in total. The van der Waals surface area contributed by atoms with Gasteiger partial charge in [-0.15, -0.1) is 24.0 Å². The van der Waals surface area contributed by atoms with E-state index in [1.54, 1.807) is 0 Å². The van der Waals surface area contributed by atoms with Crippen molar-refractivity contribution in [3.63, 3.8) is 0 Å². The van der Waals surface area contributed by atoms with E-state index in [0.717, 1.165) is 64.1 Å². The number of thioether (sulfide) groups is 1.